The predicted octanol–water partition coefficient (Wildman–Crippen LogP) is 2.58. The molecule has 0 aromatic carbocycles. The maximum atomic E-state index is 9.12. The summed E-state index contributed by atoms with van der Waals surface area (Å²) in [5.74, 6) is 0.836. The average Bonchev–Trinajstić information content (AvgIpc) is 1.99. The number of aliphatic hydroxyl groups excluding tert-OH is 1. The minimum Gasteiger partial charge on any atom is -0.392 e. The summed E-state index contributed by atoms with van der Waals surface area (Å²) in [6.07, 6.45) is 1.25. The van der Waals surface area contributed by atoms with E-state index < -0.39 is 0 Å². The van der Waals surface area contributed by atoms with Gasteiger partial charge in [-0.25, -0.2) is 0 Å². The summed E-state index contributed by atoms with van der Waals surface area (Å²) >= 11 is 5.44. The summed E-state index contributed by atoms with van der Waals surface area (Å²) in [4.78, 5) is 0. The Morgan fingerprint density at radius 1 is 1.55 bits per heavy atom. The molecule has 0 rings (SSSR count). The summed E-state index contributed by atoms with van der Waals surface area (Å²) in [5, 5.41) is 9.12. The monoisotopic (exact) mass is 176 g/mol. The number of allylic oxidation sites excluding steroid dienone is 1. The molecule has 0 saturated carbocycles. The molecule has 0 bridgehead atoms. The van der Waals surface area contributed by atoms with Crippen molar-refractivity contribution in [3.8, 4) is 0 Å². The molecule has 0 aromatic heterocycles. The van der Waals surface area contributed by atoms with Gasteiger partial charge >= 0.3 is 0 Å². The quantitative estimate of drug-likeness (QED) is 0.505. The largest absolute Gasteiger partial charge is 0.392 e. The first-order chi connectivity index (χ1) is 5.07. The van der Waals surface area contributed by atoms with Crippen LogP contribution in [0, 0.1) is 5.92 Å². The molecule has 1 unspecified atom stereocenters. The van der Waals surface area contributed by atoms with Crippen LogP contribution >= 0.6 is 11.6 Å². The van der Waals surface area contributed by atoms with Gasteiger partial charge in [0.1, 0.15) is 0 Å². The van der Waals surface area contributed by atoms with E-state index in [1.807, 2.05) is 0 Å². The summed E-state index contributed by atoms with van der Waals surface area (Å²) in [6, 6.07) is 0. The number of rotatable bonds is 5. The molecule has 0 heterocycles. The second-order valence-corrected chi connectivity index (χ2v) is 3.47. The Balaban J connectivity index is 3.46. The van der Waals surface area contributed by atoms with E-state index >= 15 is 0 Å². The Morgan fingerprint density at radius 3 is 2.45 bits per heavy atom. The summed E-state index contributed by atoms with van der Waals surface area (Å²) in [7, 11) is 0. The van der Waals surface area contributed by atoms with Gasteiger partial charge in [-0.15, -0.1) is 11.6 Å². The lowest BCUT2D eigenvalue weighted by molar-refractivity contribution is 0.187. The van der Waals surface area contributed by atoms with Gasteiger partial charge in [0.15, 0.2) is 0 Å². The third-order valence-electron chi connectivity index (χ3n) is 1.79. The zero-order chi connectivity index (χ0) is 8.85. The second kappa shape index (κ2) is 5.62. The van der Waals surface area contributed by atoms with Crippen molar-refractivity contribution in [3.05, 3.63) is 12.2 Å². The molecule has 0 saturated heterocycles. The molecule has 0 aliphatic rings. The molecule has 0 radical (unpaired) electrons. The molecule has 0 fully saturated rings. The molecular weight excluding hydrogens is 160 g/mol. The minimum absolute atomic E-state index is 0.325. The van der Waals surface area contributed by atoms with Crippen LogP contribution in [0.4, 0.5) is 0 Å². The Morgan fingerprint density at radius 2 is 2.09 bits per heavy atom. The van der Waals surface area contributed by atoms with E-state index in [2.05, 4.69) is 20.4 Å². The van der Waals surface area contributed by atoms with Crippen molar-refractivity contribution in [1.29, 1.82) is 0 Å². The highest BCUT2D eigenvalue weighted by Gasteiger charge is 2.04. The first-order valence-electron chi connectivity index (χ1n) is 3.99. The number of halogens is 1. The fourth-order valence-corrected chi connectivity index (χ4v) is 0.872. The molecule has 0 amide bonds. The zero-order valence-electron chi connectivity index (χ0n) is 7.31. The topological polar surface area (TPSA) is 20.2 Å². The van der Waals surface area contributed by atoms with Gasteiger partial charge in [-0.3, -0.25) is 0 Å². The van der Waals surface area contributed by atoms with Crippen LogP contribution in [0.3, 0.4) is 0 Å². The van der Waals surface area contributed by atoms with E-state index in [-0.39, 0.29) is 6.10 Å². The fraction of sp³-hybridized carbons (Fsp3) is 0.778. The van der Waals surface area contributed by atoms with E-state index in [9.17, 15) is 0 Å². The van der Waals surface area contributed by atoms with Gasteiger partial charge in [0, 0.05) is 5.88 Å². The van der Waals surface area contributed by atoms with Crippen molar-refractivity contribution in [2.75, 3.05) is 5.88 Å². The van der Waals surface area contributed by atoms with Gasteiger partial charge in [0.05, 0.1) is 6.10 Å². The smallest absolute Gasteiger partial charge is 0.0678 e. The molecule has 0 aliphatic heterocycles. The Kier molecular flexibility index (Phi) is 5.61. The third kappa shape index (κ3) is 5.28. The van der Waals surface area contributed by atoms with Gasteiger partial charge in [0.2, 0.25) is 0 Å². The van der Waals surface area contributed by atoms with Gasteiger partial charge < -0.3 is 5.11 Å². The van der Waals surface area contributed by atoms with Crippen LogP contribution in [-0.4, -0.2) is 17.1 Å². The van der Waals surface area contributed by atoms with Crippen molar-refractivity contribution >= 4 is 11.6 Å². The second-order valence-electron chi connectivity index (χ2n) is 3.16. The number of hydrogen-bond donors (Lipinski definition) is 1. The number of alkyl halides is 1. The molecule has 66 valence electrons. The number of aliphatic hydroxyl groups is 1. The molecule has 0 aromatic rings. The van der Waals surface area contributed by atoms with Gasteiger partial charge in [-0.05, 0) is 18.8 Å². The molecule has 11 heavy (non-hydrogen) atoms. The highest BCUT2D eigenvalue weighted by molar-refractivity contribution is 6.18. The molecule has 1 nitrogen and oxygen atoms in total. The molecule has 0 spiro atoms. The van der Waals surface area contributed by atoms with E-state index in [0.717, 1.165) is 12.8 Å². The van der Waals surface area contributed by atoms with Crippen LogP contribution < -0.4 is 0 Å². The first kappa shape index (κ1) is 11.0. The normalized spacial score (nSPS) is 13.5. The van der Waals surface area contributed by atoms with Crippen LogP contribution in [0.5, 0.6) is 0 Å². The van der Waals surface area contributed by atoms with Crippen molar-refractivity contribution in [3.63, 3.8) is 0 Å². The molecule has 2 heteroatoms. The van der Waals surface area contributed by atoms with E-state index in [1.54, 1.807) is 0 Å². The van der Waals surface area contributed by atoms with Crippen molar-refractivity contribution in [1.82, 2.24) is 0 Å². The van der Waals surface area contributed by atoms with E-state index in [1.165, 1.54) is 5.57 Å². The molecule has 1 atom stereocenters. The van der Waals surface area contributed by atoms with E-state index in [0.29, 0.717) is 11.8 Å². The maximum absolute atomic E-state index is 9.12. The minimum atomic E-state index is -0.368. The molecular formula is C9H17ClO. The SMILES string of the molecule is C=C(CCC(O)CCl)C(C)C. The summed E-state index contributed by atoms with van der Waals surface area (Å²) < 4.78 is 0. The Labute approximate surface area is 74.1 Å². The Bertz CT molecular complexity index is 121. The van der Waals surface area contributed by atoms with Crippen molar-refractivity contribution in [2.45, 2.75) is 32.8 Å². The van der Waals surface area contributed by atoms with Crippen molar-refractivity contribution < 1.29 is 5.11 Å². The van der Waals surface area contributed by atoms with Gasteiger partial charge in [0.25, 0.3) is 0 Å². The lowest BCUT2D eigenvalue weighted by atomic mass is 9.99. The first-order valence-corrected chi connectivity index (χ1v) is 4.53. The summed E-state index contributed by atoms with van der Waals surface area (Å²) in [6.45, 7) is 8.12. The average molecular weight is 177 g/mol. The highest BCUT2D eigenvalue weighted by Crippen LogP contribution is 2.14. The fourth-order valence-electron chi connectivity index (χ4n) is 0.718. The highest BCUT2D eigenvalue weighted by atomic mass is 35.5. The standard InChI is InChI=1S/C9H17ClO/c1-7(2)8(3)4-5-9(11)6-10/h7,9,11H,3-6H2,1-2H3. The van der Waals surface area contributed by atoms with Crippen LogP contribution in [0.25, 0.3) is 0 Å². The van der Waals surface area contributed by atoms with Crippen LogP contribution in [0.15, 0.2) is 12.2 Å². The Hall–Kier alpha value is -0.0100. The van der Waals surface area contributed by atoms with Crippen LogP contribution in [0.2, 0.25) is 0 Å². The van der Waals surface area contributed by atoms with E-state index in [4.69, 9.17) is 16.7 Å². The molecule has 1 N–H and O–H groups in total. The predicted molar refractivity (Wildman–Crippen MR) is 49.9 cm³/mol. The molecule has 0 aliphatic carbocycles. The van der Waals surface area contributed by atoms with Gasteiger partial charge in [-0.2, -0.15) is 0 Å². The summed E-state index contributed by atoms with van der Waals surface area (Å²) in [5.41, 5.74) is 1.19. The van der Waals surface area contributed by atoms with Crippen LogP contribution in [0.1, 0.15) is 26.7 Å². The van der Waals surface area contributed by atoms with Crippen LogP contribution in [-0.2, 0) is 0 Å². The lowest BCUT2D eigenvalue weighted by Crippen LogP contribution is -2.08. The number of hydrogen-bond acceptors (Lipinski definition) is 1. The lowest BCUT2D eigenvalue weighted by Gasteiger charge is -2.11. The van der Waals surface area contributed by atoms with Crippen molar-refractivity contribution in [2.24, 2.45) is 5.92 Å². The zero-order valence-corrected chi connectivity index (χ0v) is 8.06. The third-order valence-corrected chi connectivity index (χ3v) is 2.15. The maximum Gasteiger partial charge on any atom is 0.0678 e. The van der Waals surface area contributed by atoms with Gasteiger partial charge in [-0.1, -0.05) is 26.0 Å².